The number of nitrogens with one attached hydrogen (secondary N) is 1. The summed E-state index contributed by atoms with van der Waals surface area (Å²) >= 11 is 3.39. The lowest BCUT2D eigenvalue weighted by Gasteiger charge is -2.08. The third kappa shape index (κ3) is 3.87. The summed E-state index contributed by atoms with van der Waals surface area (Å²) in [5.41, 5.74) is 2.85. The molecule has 0 spiro atoms. The Balaban J connectivity index is 1.55. The summed E-state index contributed by atoms with van der Waals surface area (Å²) in [5, 5.41) is 7.14. The lowest BCUT2D eigenvalue weighted by atomic mass is 10.1. The molecular formula is C18H16BrN3O. The van der Waals surface area contributed by atoms with Gasteiger partial charge in [-0.2, -0.15) is 5.10 Å². The number of carbonyl (C=O) groups is 1. The van der Waals surface area contributed by atoms with Gasteiger partial charge in [-0.3, -0.25) is 4.79 Å². The fourth-order valence-electron chi connectivity index (χ4n) is 2.30. The Kier molecular flexibility index (Phi) is 4.88. The van der Waals surface area contributed by atoms with E-state index in [2.05, 4.69) is 38.5 Å². The van der Waals surface area contributed by atoms with Gasteiger partial charge in [-0.25, -0.2) is 4.68 Å². The highest BCUT2D eigenvalue weighted by molar-refractivity contribution is 9.10. The number of hydrogen-bond acceptors (Lipinski definition) is 2. The number of hydrogen-bond donors (Lipinski definition) is 1. The smallest absolute Gasteiger partial charge is 0.252 e. The maximum absolute atomic E-state index is 12.1. The molecule has 1 heterocycles. The summed E-state index contributed by atoms with van der Waals surface area (Å²) in [6.45, 7) is 0.598. The molecule has 0 aliphatic carbocycles. The van der Waals surface area contributed by atoms with Crippen LogP contribution in [0.2, 0.25) is 0 Å². The van der Waals surface area contributed by atoms with Crippen molar-refractivity contribution in [3.8, 4) is 5.69 Å². The minimum Gasteiger partial charge on any atom is -0.352 e. The molecule has 1 N–H and O–H groups in total. The van der Waals surface area contributed by atoms with Gasteiger partial charge in [0.05, 0.1) is 11.3 Å². The van der Waals surface area contributed by atoms with Gasteiger partial charge in [0.1, 0.15) is 0 Å². The molecule has 3 aromatic rings. The van der Waals surface area contributed by atoms with Crippen molar-refractivity contribution in [2.75, 3.05) is 6.54 Å². The Morgan fingerprint density at radius 3 is 2.57 bits per heavy atom. The number of aromatic nitrogens is 2. The normalized spacial score (nSPS) is 10.5. The van der Waals surface area contributed by atoms with E-state index in [1.54, 1.807) is 12.3 Å². The van der Waals surface area contributed by atoms with Crippen LogP contribution in [-0.2, 0) is 6.42 Å². The van der Waals surface area contributed by atoms with Crippen molar-refractivity contribution < 1.29 is 4.79 Å². The fraction of sp³-hybridized carbons (Fsp3) is 0.111. The van der Waals surface area contributed by atoms with Crippen molar-refractivity contribution in [3.63, 3.8) is 0 Å². The van der Waals surface area contributed by atoms with Crippen molar-refractivity contribution in [3.05, 3.63) is 82.6 Å². The van der Waals surface area contributed by atoms with Crippen molar-refractivity contribution >= 4 is 21.8 Å². The number of amides is 1. The van der Waals surface area contributed by atoms with Gasteiger partial charge >= 0.3 is 0 Å². The second-order valence-corrected chi connectivity index (χ2v) is 5.96. The standard InChI is InChI=1S/C18H16BrN3O/c19-17-5-2-1-4-16(17)18(23)20-12-10-14-6-8-15(9-7-14)22-13-3-11-21-22/h1-9,11,13H,10,12H2,(H,20,23). The molecule has 1 amide bonds. The molecule has 0 aliphatic heterocycles. The molecule has 116 valence electrons. The summed E-state index contributed by atoms with van der Waals surface area (Å²) < 4.78 is 2.62. The second-order valence-electron chi connectivity index (χ2n) is 5.10. The Morgan fingerprint density at radius 1 is 1.09 bits per heavy atom. The lowest BCUT2D eigenvalue weighted by Crippen LogP contribution is -2.25. The summed E-state index contributed by atoms with van der Waals surface area (Å²) in [6, 6.07) is 17.5. The topological polar surface area (TPSA) is 46.9 Å². The van der Waals surface area contributed by atoms with Crippen LogP contribution in [0.25, 0.3) is 5.69 Å². The maximum Gasteiger partial charge on any atom is 0.252 e. The molecule has 2 aromatic carbocycles. The van der Waals surface area contributed by atoms with Crippen LogP contribution >= 0.6 is 15.9 Å². The molecule has 0 saturated heterocycles. The molecule has 1 aromatic heterocycles. The van der Waals surface area contributed by atoms with E-state index in [9.17, 15) is 4.79 Å². The van der Waals surface area contributed by atoms with Gasteiger partial charge in [0.2, 0.25) is 0 Å². The van der Waals surface area contributed by atoms with E-state index in [0.717, 1.165) is 16.6 Å². The number of halogens is 1. The zero-order valence-electron chi connectivity index (χ0n) is 12.4. The summed E-state index contributed by atoms with van der Waals surface area (Å²) in [5.74, 6) is -0.0642. The molecule has 0 atom stereocenters. The van der Waals surface area contributed by atoms with Crippen molar-refractivity contribution in [1.29, 1.82) is 0 Å². The van der Waals surface area contributed by atoms with Crippen LogP contribution < -0.4 is 5.32 Å². The fourth-order valence-corrected chi connectivity index (χ4v) is 2.76. The zero-order chi connectivity index (χ0) is 16.1. The average Bonchev–Trinajstić information content (AvgIpc) is 3.10. The first-order chi connectivity index (χ1) is 11.2. The Bertz CT molecular complexity index is 782. The van der Waals surface area contributed by atoms with Crippen LogP contribution in [0, 0.1) is 0 Å². The lowest BCUT2D eigenvalue weighted by molar-refractivity contribution is 0.0953. The molecule has 0 radical (unpaired) electrons. The largest absolute Gasteiger partial charge is 0.352 e. The van der Waals surface area contributed by atoms with Crippen LogP contribution in [-0.4, -0.2) is 22.2 Å². The Morgan fingerprint density at radius 2 is 1.87 bits per heavy atom. The average molecular weight is 370 g/mol. The van der Waals surface area contributed by atoms with E-state index in [0.29, 0.717) is 12.1 Å². The van der Waals surface area contributed by atoms with E-state index in [4.69, 9.17) is 0 Å². The van der Waals surface area contributed by atoms with Crippen molar-refractivity contribution in [2.24, 2.45) is 0 Å². The van der Waals surface area contributed by atoms with Gasteiger partial charge in [0, 0.05) is 23.4 Å². The van der Waals surface area contributed by atoms with Crippen LogP contribution in [0.4, 0.5) is 0 Å². The third-order valence-corrected chi connectivity index (χ3v) is 4.21. The van der Waals surface area contributed by atoms with Gasteiger partial charge < -0.3 is 5.32 Å². The van der Waals surface area contributed by atoms with Crippen molar-refractivity contribution in [1.82, 2.24) is 15.1 Å². The van der Waals surface area contributed by atoms with E-state index >= 15 is 0 Å². The first-order valence-corrected chi connectivity index (χ1v) is 8.15. The first-order valence-electron chi connectivity index (χ1n) is 7.36. The molecule has 4 nitrogen and oxygen atoms in total. The number of nitrogens with zero attached hydrogens (tertiary/aromatic N) is 2. The van der Waals surface area contributed by atoms with Crippen LogP contribution in [0.3, 0.4) is 0 Å². The minimum absolute atomic E-state index is 0.0642. The zero-order valence-corrected chi connectivity index (χ0v) is 14.0. The van der Waals surface area contributed by atoms with Crippen LogP contribution in [0.5, 0.6) is 0 Å². The molecule has 0 bridgehead atoms. The van der Waals surface area contributed by atoms with Gasteiger partial charge in [-0.05, 0) is 58.2 Å². The van der Waals surface area contributed by atoms with Crippen molar-refractivity contribution in [2.45, 2.75) is 6.42 Å². The highest BCUT2D eigenvalue weighted by Gasteiger charge is 2.08. The van der Waals surface area contributed by atoms with Gasteiger partial charge in [0.15, 0.2) is 0 Å². The minimum atomic E-state index is -0.0642. The first kappa shape index (κ1) is 15.5. The highest BCUT2D eigenvalue weighted by Crippen LogP contribution is 2.15. The highest BCUT2D eigenvalue weighted by atomic mass is 79.9. The summed E-state index contributed by atoms with van der Waals surface area (Å²) in [4.78, 5) is 12.1. The predicted octanol–water partition coefficient (Wildman–Crippen LogP) is 3.61. The second kappa shape index (κ2) is 7.24. The number of carbonyl (C=O) groups excluding carboxylic acids is 1. The Hall–Kier alpha value is -2.40. The monoisotopic (exact) mass is 369 g/mol. The van der Waals surface area contributed by atoms with E-state index in [-0.39, 0.29) is 5.91 Å². The van der Waals surface area contributed by atoms with Gasteiger partial charge in [-0.15, -0.1) is 0 Å². The van der Waals surface area contributed by atoms with E-state index in [1.165, 1.54) is 5.56 Å². The van der Waals surface area contributed by atoms with Crippen LogP contribution in [0.15, 0.2) is 71.5 Å². The van der Waals surface area contributed by atoms with Gasteiger partial charge in [0.25, 0.3) is 5.91 Å². The summed E-state index contributed by atoms with van der Waals surface area (Å²) in [6.07, 6.45) is 4.45. The summed E-state index contributed by atoms with van der Waals surface area (Å²) in [7, 11) is 0. The SMILES string of the molecule is O=C(NCCc1ccc(-n2cccn2)cc1)c1ccccc1Br. The third-order valence-electron chi connectivity index (χ3n) is 3.52. The molecule has 3 rings (SSSR count). The quantitative estimate of drug-likeness (QED) is 0.746. The Labute approximate surface area is 143 Å². The van der Waals surface area contributed by atoms with Gasteiger partial charge in [-0.1, -0.05) is 24.3 Å². The van der Waals surface area contributed by atoms with E-state index < -0.39 is 0 Å². The molecule has 23 heavy (non-hydrogen) atoms. The number of benzene rings is 2. The molecule has 0 unspecified atom stereocenters. The molecule has 5 heteroatoms. The maximum atomic E-state index is 12.1. The molecule has 0 fully saturated rings. The number of rotatable bonds is 5. The molecule has 0 aliphatic rings. The van der Waals surface area contributed by atoms with Crippen LogP contribution in [0.1, 0.15) is 15.9 Å². The predicted molar refractivity (Wildman–Crippen MR) is 93.7 cm³/mol. The molecule has 0 saturated carbocycles. The molecular weight excluding hydrogens is 354 g/mol. The van der Waals surface area contributed by atoms with E-state index in [1.807, 2.05) is 47.3 Å².